The van der Waals surface area contributed by atoms with Gasteiger partial charge in [-0.2, -0.15) is 5.26 Å². The van der Waals surface area contributed by atoms with E-state index in [1.807, 2.05) is 60.6 Å². The number of hydrogen-bond donors (Lipinski definition) is 1. The first-order valence-electron chi connectivity index (χ1n) is 9.91. The summed E-state index contributed by atoms with van der Waals surface area (Å²) in [6.07, 6.45) is 5.75. The van der Waals surface area contributed by atoms with Crippen LogP contribution in [-0.2, 0) is 11.3 Å². The Bertz CT molecular complexity index is 979. The molecule has 2 aliphatic rings. The molecule has 29 heavy (non-hydrogen) atoms. The molecule has 0 bridgehead atoms. The summed E-state index contributed by atoms with van der Waals surface area (Å²) in [5.74, 6) is 1.26. The number of para-hydroxylation sites is 3. The summed E-state index contributed by atoms with van der Waals surface area (Å²) in [4.78, 5) is 16.7. The molecule has 1 unspecified atom stereocenters. The number of rotatable bonds is 5. The first kappa shape index (κ1) is 18.9. The molecule has 2 aromatic carbocycles. The van der Waals surface area contributed by atoms with E-state index in [0.717, 1.165) is 24.1 Å². The minimum Gasteiger partial charge on any atom is -0.453 e. The van der Waals surface area contributed by atoms with Gasteiger partial charge in [0.2, 0.25) is 5.91 Å². The highest BCUT2D eigenvalue weighted by Crippen LogP contribution is 2.37. The maximum absolute atomic E-state index is 12.7. The molecule has 1 saturated heterocycles. The van der Waals surface area contributed by atoms with Gasteiger partial charge in [-0.1, -0.05) is 31.2 Å². The van der Waals surface area contributed by atoms with E-state index in [-0.39, 0.29) is 11.8 Å². The van der Waals surface area contributed by atoms with Gasteiger partial charge in [-0.3, -0.25) is 4.79 Å². The van der Waals surface area contributed by atoms with Gasteiger partial charge in [0.05, 0.1) is 17.9 Å². The van der Waals surface area contributed by atoms with Gasteiger partial charge in [-0.05, 0) is 31.0 Å². The SMILES string of the molecule is CC1CCCN(c2ccccc2Oc2c(C#N)cccc2CN2C=CNC2)C1=O. The van der Waals surface area contributed by atoms with Crippen molar-refractivity contribution in [2.24, 2.45) is 5.92 Å². The molecule has 6 heteroatoms. The van der Waals surface area contributed by atoms with Gasteiger partial charge in [-0.15, -0.1) is 0 Å². The summed E-state index contributed by atoms with van der Waals surface area (Å²) < 4.78 is 6.32. The number of carbonyl (C=O) groups excluding carboxylic acids is 1. The molecule has 2 heterocycles. The average molecular weight is 388 g/mol. The summed E-state index contributed by atoms with van der Waals surface area (Å²) in [5, 5.41) is 12.8. The van der Waals surface area contributed by atoms with Crippen LogP contribution >= 0.6 is 0 Å². The van der Waals surface area contributed by atoms with Crippen molar-refractivity contribution >= 4 is 11.6 Å². The normalized spacial score (nSPS) is 18.5. The molecule has 0 aromatic heterocycles. The van der Waals surface area contributed by atoms with Crippen molar-refractivity contribution in [1.29, 1.82) is 5.26 Å². The minimum absolute atomic E-state index is 0.00761. The van der Waals surface area contributed by atoms with Crippen molar-refractivity contribution in [2.75, 3.05) is 18.1 Å². The van der Waals surface area contributed by atoms with Gasteiger partial charge < -0.3 is 19.9 Å². The Morgan fingerprint density at radius 2 is 2.10 bits per heavy atom. The first-order valence-corrected chi connectivity index (χ1v) is 9.91. The van der Waals surface area contributed by atoms with Crippen LogP contribution in [0.1, 0.15) is 30.9 Å². The standard InChI is InChI=1S/C23H24N4O2/c1-17-6-5-12-27(23(17)28)20-9-2-3-10-21(20)29-22-18(14-24)7-4-8-19(22)15-26-13-11-25-16-26/h2-4,7-11,13,17,25H,5-6,12,15-16H2,1H3. The third-order valence-electron chi connectivity index (χ3n) is 5.36. The summed E-state index contributed by atoms with van der Waals surface area (Å²) in [6, 6.07) is 15.4. The molecule has 0 spiro atoms. The largest absolute Gasteiger partial charge is 0.453 e. The number of hydrogen-bond acceptors (Lipinski definition) is 5. The van der Waals surface area contributed by atoms with Crippen LogP contribution in [-0.4, -0.2) is 24.0 Å². The second kappa shape index (κ2) is 8.27. The van der Waals surface area contributed by atoms with Gasteiger partial charge >= 0.3 is 0 Å². The Hall–Kier alpha value is -3.46. The number of nitrogens with zero attached hydrogens (tertiary/aromatic N) is 3. The fraction of sp³-hybridized carbons (Fsp3) is 0.304. The third-order valence-corrected chi connectivity index (χ3v) is 5.36. The lowest BCUT2D eigenvalue weighted by Crippen LogP contribution is -2.40. The quantitative estimate of drug-likeness (QED) is 0.840. The number of nitrogens with one attached hydrogen (secondary N) is 1. The van der Waals surface area contributed by atoms with E-state index in [1.54, 1.807) is 6.07 Å². The molecule has 0 aliphatic carbocycles. The van der Waals surface area contributed by atoms with Gasteiger partial charge in [-0.25, -0.2) is 0 Å². The molecule has 1 fully saturated rings. The zero-order chi connectivity index (χ0) is 20.2. The summed E-state index contributed by atoms with van der Waals surface area (Å²) >= 11 is 0. The van der Waals surface area contributed by atoms with E-state index in [0.29, 0.717) is 36.8 Å². The molecule has 6 nitrogen and oxygen atoms in total. The van der Waals surface area contributed by atoms with Crippen LogP contribution in [0.5, 0.6) is 11.5 Å². The Kier molecular flexibility index (Phi) is 5.39. The molecule has 0 radical (unpaired) electrons. The predicted molar refractivity (Wildman–Crippen MR) is 111 cm³/mol. The van der Waals surface area contributed by atoms with E-state index in [9.17, 15) is 10.1 Å². The summed E-state index contributed by atoms with van der Waals surface area (Å²) in [5.41, 5.74) is 2.16. The number of carbonyl (C=O) groups is 1. The van der Waals surface area contributed by atoms with E-state index in [1.165, 1.54) is 0 Å². The Balaban J connectivity index is 1.69. The Labute approximate surface area is 171 Å². The molecule has 1 N–H and O–H groups in total. The number of piperidine rings is 1. The number of ether oxygens (including phenoxy) is 1. The van der Waals surface area contributed by atoms with Gasteiger partial charge in [0.25, 0.3) is 0 Å². The van der Waals surface area contributed by atoms with E-state index in [2.05, 4.69) is 16.3 Å². The van der Waals surface area contributed by atoms with Crippen LogP contribution in [0.25, 0.3) is 0 Å². The van der Waals surface area contributed by atoms with Crippen LogP contribution < -0.4 is 15.0 Å². The third kappa shape index (κ3) is 3.90. The van der Waals surface area contributed by atoms with Gasteiger partial charge in [0, 0.05) is 37.0 Å². The van der Waals surface area contributed by atoms with Crippen molar-refractivity contribution in [1.82, 2.24) is 10.2 Å². The molecule has 1 atom stereocenters. The van der Waals surface area contributed by atoms with Gasteiger partial charge in [0.15, 0.2) is 5.75 Å². The fourth-order valence-electron chi connectivity index (χ4n) is 3.80. The number of nitriles is 1. The molecular formula is C23H24N4O2. The Morgan fingerprint density at radius 1 is 1.24 bits per heavy atom. The highest BCUT2D eigenvalue weighted by Gasteiger charge is 2.28. The first-order chi connectivity index (χ1) is 14.2. The molecule has 2 aromatic rings. The zero-order valence-electron chi connectivity index (χ0n) is 16.5. The van der Waals surface area contributed by atoms with Crippen LogP contribution in [0.2, 0.25) is 0 Å². The van der Waals surface area contributed by atoms with Crippen LogP contribution in [0.3, 0.4) is 0 Å². The maximum atomic E-state index is 12.7. The van der Waals surface area contributed by atoms with Crippen LogP contribution in [0, 0.1) is 17.2 Å². The summed E-state index contributed by atoms with van der Waals surface area (Å²) in [6.45, 7) is 3.99. The smallest absolute Gasteiger partial charge is 0.229 e. The topological polar surface area (TPSA) is 68.6 Å². The van der Waals surface area contributed by atoms with Crippen molar-refractivity contribution in [3.63, 3.8) is 0 Å². The molecule has 4 rings (SSSR count). The van der Waals surface area contributed by atoms with Crippen LogP contribution in [0.15, 0.2) is 54.9 Å². The summed E-state index contributed by atoms with van der Waals surface area (Å²) in [7, 11) is 0. The van der Waals surface area contributed by atoms with Crippen molar-refractivity contribution in [3.05, 3.63) is 66.0 Å². The molecule has 0 saturated carbocycles. The van der Waals surface area contributed by atoms with Crippen molar-refractivity contribution in [3.8, 4) is 17.6 Å². The number of amides is 1. The highest BCUT2D eigenvalue weighted by molar-refractivity contribution is 5.97. The highest BCUT2D eigenvalue weighted by atomic mass is 16.5. The number of anilines is 1. The van der Waals surface area contributed by atoms with E-state index in [4.69, 9.17) is 4.74 Å². The Morgan fingerprint density at radius 3 is 2.90 bits per heavy atom. The second-order valence-electron chi connectivity index (χ2n) is 7.43. The maximum Gasteiger partial charge on any atom is 0.229 e. The fourth-order valence-corrected chi connectivity index (χ4v) is 3.80. The zero-order valence-corrected chi connectivity index (χ0v) is 16.5. The molecular weight excluding hydrogens is 364 g/mol. The molecule has 2 aliphatic heterocycles. The average Bonchev–Trinajstić information content (AvgIpc) is 3.25. The van der Waals surface area contributed by atoms with Crippen LogP contribution in [0.4, 0.5) is 5.69 Å². The van der Waals surface area contributed by atoms with Crippen molar-refractivity contribution < 1.29 is 9.53 Å². The predicted octanol–water partition coefficient (Wildman–Crippen LogP) is 3.95. The van der Waals surface area contributed by atoms with E-state index < -0.39 is 0 Å². The van der Waals surface area contributed by atoms with Gasteiger partial charge in [0.1, 0.15) is 11.8 Å². The van der Waals surface area contributed by atoms with Crippen molar-refractivity contribution in [2.45, 2.75) is 26.3 Å². The number of benzene rings is 2. The second-order valence-corrected chi connectivity index (χ2v) is 7.43. The van der Waals surface area contributed by atoms with E-state index >= 15 is 0 Å². The minimum atomic E-state index is 0.00761. The lowest BCUT2D eigenvalue weighted by atomic mass is 9.98. The lowest BCUT2D eigenvalue weighted by Gasteiger charge is -2.32. The molecule has 148 valence electrons. The monoisotopic (exact) mass is 388 g/mol. The lowest BCUT2D eigenvalue weighted by molar-refractivity contribution is -0.123. The molecule has 1 amide bonds.